The molecule has 0 rings (SSSR count). The summed E-state index contributed by atoms with van der Waals surface area (Å²) in [4.78, 5) is 65.4. The van der Waals surface area contributed by atoms with Crippen molar-refractivity contribution in [1.29, 1.82) is 0 Å². The fraction of sp³-hybridized carbons (Fsp3) is 0.455. The SMILES string of the molecule is N[C@@H](CC(=O)O)C(=O)OC(=O)CC(=O)OC(=O)[C@@H](N)CC(=O)O. The second kappa shape index (κ2) is 9.22. The van der Waals surface area contributed by atoms with Crippen LogP contribution in [0.2, 0.25) is 0 Å². The van der Waals surface area contributed by atoms with E-state index in [2.05, 4.69) is 9.47 Å². The van der Waals surface area contributed by atoms with Gasteiger partial charge < -0.3 is 31.2 Å². The Balaban J connectivity index is 4.32. The highest BCUT2D eigenvalue weighted by Crippen LogP contribution is 1.99. The van der Waals surface area contributed by atoms with Gasteiger partial charge in [-0.3, -0.25) is 19.2 Å². The first-order chi connectivity index (χ1) is 10.5. The minimum Gasteiger partial charge on any atom is -0.481 e. The molecular weight excluding hydrogens is 320 g/mol. The third-order valence-electron chi connectivity index (χ3n) is 2.11. The molecule has 12 nitrogen and oxygen atoms in total. The van der Waals surface area contributed by atoms with Gasteiger partial charge in [-0.05, 0) is 0 Å². The van der Waals surface area contributed by atoms with Gasteiger partial charge in [-0.1, -0.05) is 0 Å². The first-order valence-corrected chi connectivity index (χ1v) is 5.96. The van der Waals surface area contributed by atoms with Crippen LogP contribution in [-0.4, -0.2) is 58.1 Å². The second-order valence-corrected chi connectivity index (χ2v) is 4.17. The van der Waals surface area contributed by atoms with Gasteiger partial charge in [0.2, 0.25) is 0 Å². The normalized spacial score (nSPS) is 12.6. The maximum Gasteiger partial charge on any atom is 0.331 e. The third kappa shape index (κ3) is 8.90. The van der Waals surface area contributed by atoms with Crippen molar-refractivity contribution in [3.63, 3.8) is 0 Å². The lowest BCUT2D eigenvalue weighted by Gasteiger charge is -2.09. The van der Waals surface area contributed by atoms with Crippen LogP contribution in [0, 0.1) is 0 Å². The van der Waals surface area contributed by atoms with Crippen LogP contribution in [0.25, 0.3) is 0 Å². The Labute approximate surface area is 128 Å². The number of hydrogen-bond donors (Lipinski definition) is 4. The number of carbonyl (C=O) groups excluding carboxylic acids is 4. The van der Waals surface area contributed by atoms with Crippen molar-refractivity contribution < 1.29 is 48.5 Å². The van der Waals surface area contributed by atoms with E-state index in [1.54, 1.807) is 0 Å². The molecule has 0 amide bonds. The molecule has 2 atom stereocenters. The Morgan fingerprint density at radius 1 is 0.739 bits per heavy atom. The van der Waals surface area contributed by atoms with Crippen LogP contribution in [0.5, 0.6) is 0 Å². The van der Waals surface area contributed by atoms with Crippen molar-refractivity contribution in [2.24, 2.45) is 11.5 Å². The Bertz CT molecular complexity index is 483. The molecule has 0 spiro atoms. The summed E-state index contributed by atoms with van der Waals surface area (Å²) in [5.74, 6) is -8.42. The summed E-state index contributed by atoms with van der Waals surface area (Å²) in [5.41, 5.74) is 10.2. The number of carbonyl (C=O) groups is 6. The molecule has 0 aromatic heterocycles. The lowest BCUT2D eigenvalue weighted by atomic mass is 10.2. The molecule has 0 aromatic rings. The number of carboxylic acids is 2. The molecule has 0 saturated heterocycles. The van der Waals surface area contributed by atoms with Crippen LogP contribution in [0.1, 0.15) is 19.3 Å². The molecule has 0 aliphatic rings. The third-order valence-corrected chi connectivity index (χ3v) is 2.11. The van der Waals surface area contributed by atoms with Gasteiger partial charge in [-0.25, -0.2) is 9.59 Å². The molecule has 128 valence electrons. The predicted octanol–water partition coefficient (Wildman–Crippen LogP) is -2.88. The molecule has 23 heavy (non-hydrogen) atoms. The van der Waals surface area contributed by atoms with Gasteiger partial charge in [0.25, 0.3) is 0 Å². The van der Waals surface area contributed by atoms with Gasteiger partial charge in [0, 0.05) is 0 Å². The standard InChI is InChI=1S/C11H14N2O10/c12-4(1-6(14)15)10(20)22-8(18)3-9(19)23-11(21)5(13)2-7(16)17/h4-5H,1-3,12-13H2,(H,14,15)(H,16,17)/t4-,5-/m0/s1. The number of hydrogen-bond acceptors (Lipinski definition) is 10. The molecule has 0 heterocycles. The average molecular weight is 334 g/mol. The summed E-state index contributed by atoms with van der Waals surface area (Å²) >= 11 is 0. The molecule has 0 bridgehead atoms. The lowest BCUT2D eigenvalue weighted by molar-refractivity contribution is -0.168. The van der Waals surface area contributed by atoms with Crippen molar-refractivity contribution in [2.75, 3.05) is 0 Å². The summed E-state index contributed by atoms with van der Waals surface area (Å²) in [7, 11) is 0. The largest absolute Gasteiger partial charge is 0.481 e. The summed E-state index contributed by atoms with van der Waals surface area (Å²) in [6.07, 6.45) is -2.74. The van der Waals surface area contributed by atoms with Gasteiger partial charge in [-0.15, -0.1) is 0 Å². The summed E-state index contributed by atoms with van der Waals surface area (Å²) in [6, 6.07) is -3.23. The van der Waals surface area contributed by atoms with Crippen molar-refractivity contribution in [1.82, 2.24) is 0 Å². The minimum absolute atomic E-state index is 0.793. The van der Waals surface area contributed by atoms with Crippen molar-refractivity contribution in [2.45, 2.75) is 31.3 Å². The Hall–Kier alpha value is -2.86. The summed E-state index contributed by atoms with van der Waals surface area (Å²) in [5, 5.41) is 16.8. The van der Waals surface area contributed by atoms with Crippen LogP contribution in [0.4, 0.5) is 0 Å². The molecule has 0 unspecified atom stereocenters. The highest BCUT2D eigenvalue weighted by Gasteiger charge is 2.26. The highest BCUT2D eigenvalue weighted by molar-refractivity contribution is 6.01. The molecule has 0 saturated carbocycles. The van der Waals surface area contributed by atoms with Gasteiger partial charge in [0.15, 0.2) is 0 Å². The van der Waals surface area contributed by atoms with E-state index in [0.29, 0.717) is 0 Å². The predicted molar refractivity (Wildman–Crippen MR) is 67.3 cm³/mol. The second-order valence-electron chi connectivity index (χ2n) is 4.17. The van der Waals surface area contributed by atoms with Crippen molar-refractivity contribution in [3.05, 3.63) is 0 Å². The zero-order valence-corrected chi connectivity index (χ0v) is 11.6. The van der Waals surface area contributed by atoms with Gasteiger partial charge in [-0.2, -0.15) is 0 Å². The van der Waals surface area contributed by atoms with Gasteiger partial charge in [0.05, 0.1) is 12.8 Å². The maximum absolute atomic E-state index is 11.2. The van der Waals surface area contributed by atoms with Crippen LogP contribution >= 0.6 is 0 Å². The Kier molecular flexibility index (Phi) is 8.07. The van der Waals surface area contributed by atoms with E-state index in [1.807, 2.05) is 0 Å². The number of esters is 4. The minimum atomic E-state index is -1.61. The first-order valence-electron chi connectivity index (χ1n) is 5.96. The van der Waals surface area contributed by atoms with E-state index in [1.165, 1.54) is 0 Å². The monoisotopic (exact) mass is 334 g/mol. The molecular formula is C11H14N2O10. The molecule has 0 fully saturated rings. The zero-order chi connectivity index (χ0) is 18.2. The summed E-state index contributed by atoms with van der Waals surface area (Å²) in [6.45, 7) is 0. The van der Waals surface area contributed by atoms with E-state index in [9.17, 15) is 28.8 Å². The fourth-order valence-electron chi connectivity index (χ4n) is 1.11. The van der Waals surface area contributed by atoms with E-state index in [4.69, 9.17) is 21.7 Å². The molecule has 0 aromatic carbocycles. The average Bonchev–Trinajstić information content (AvgIpc) is 2.36. The van der Waals surface area contributed by atoms with E-state index in [0.717, 1.165) is 0 Å². The topological polar surface area (TPSA) is 213 Å². The molecule has 6 N–H and O–H groups in total. The van der Waals surface area contributed by atoms with Crippen LogP contribution in [0.15, 0.2) is 0 Å². The maximum atomic E-state index is 11.2. The number of carboxylic acid groups (broad SMARTS) is 2. The summed E-state index contributed by atoms with van der Waals surface area (Å²) < 4.78 is 8.17. The Morgan fingerprint density at radius 3 is 1.30 bits per heavy atom. The molecule has 12 heteroatoms. The van der Waals surface area contributed by atoms with E-state index in [-0.39, 0.29) is 0 Å². The first kappa shape index (κ1) is 20.1. The van der Waals surface area contributed by atoms with Crippen molar-refractivity contribution in [3.8, 4) is 0 Å². The fourth-order valence-corrected chi connectivity index (χ4v) is 1.11. The van der Waals surface area contributed by atoms with E-state index >= 15 is 0 Å². The number of ether oxygens (including phenoxy) is 2. The smallest absolute Gasteiger partial charge is 0.331 e. The number of nitrogens with two attached hydrogens (primary N) is 2. The Morgan fingerprint density at radius 2 is 1.04 bits per heavy atom. The number of rotatable bonds is 8. The van der Waals surface area contributed by atoms with Gasteiger partial charge in [0.1, 0.15) is 18.5 Å². The quantitative estimate of drug-likeness (QED) is 0.260. The van der Waals surface area contributed by atoms with Crippen LogP contribution in [0.3, 0.4) is 0 Å². The zero-order valence-electron chi connectivity index (χ0n) is 11.6. The van der Waals surface area contributed by atoms with Crippen LogP contribution < -0.4 is 11.5 Å². The van der Waals surface area contributed by atoms with Crippen molar-refractivity contribution >= 4 is 35.8 Å². The molecule has 0 aliphatic carbocycles. The number of aliphatic carboxylic acids is 2. The molecule has 0 radical (unpaired) electrons. The molecule has 0 aliphatic heterocycles. The van der Waals surface area contributed by atoms with Gasteiger partial charge >= 0.3 is 35.8 Å². The van der Waals surface area contributed by atoms with Crippen LogP contribution in [-0.2, 0) is 38.2 Å². The lowest BCUT2D eigenvalue weighted by Crippen LogP contribution is -2.37. The highest BCUT2D eigenvalue weighted by atomic mass is 16.6. The van der Waals surface area contributed by atoms with E-state index < -0.39 is 67.2 Å².